The summed E-state index contributed by atoms with van der Waals surface area (Å²) in [7, 11) is -3.75. The van der Waals surface area contributed by atoms with E-state index in [-0.39, 0.29) is 10.6 Å². The molecule has 0 aliphatic carbocycles. The minimum Gasteiger partial charge on any atom is -0.398 e. The highest BCUT2D eigenvalue weighted by Gasteiger charge is 2.22. The standard InChI is InChI=1S/C13H18N4O2S/c1-4-10-7-15-16-13(10)17-20(18,19)12-9(3)8(2)5-6-11(12)14/h5-7H,4,14H2,1-3H3,(H2,15,16,17). The number of nitrogens with two attached hydrogens (primary N) is 1. The van der Waals surface area contributed by atoms with E-state index in [0.29, 0.717) is 17.8 Å². The second-order valence-corrected chi connectivity index (χ2v) is 6.27. The first kappa shape index (κ1) is 14.4. The van der Waals surface area contributed by atoms with Crippen molar-refractivity contribution in [2.24, 2.45) is 0 Å². The third-order valence-corrected chi connectivity index (χ3v) is 4.86. The quantitative estimate of drug-likeness (QED) is 0.750. The number of nitrogens with one attached hydrogen (secondary N) is 2. The smallest absolute Gasteiger partial charge is 0.265 e. The number of benzene rings is 1. The molecular weight excluding hydrogens is 276 g/mol. The highest BCUT2D eigenvalue weighted by atomic mass is 32.2. The predicted molar refractivity (Wildman–Crippen MR) is 79.1 cm³/mol. The van der Waals surface area contributed by atoms with Crippen molar-refractivity contribution in [3.63, 3.8) is 0 Å². The van der Waals surface area contributed by atoms with E-state index in [0.717, 1.165) is 11.1 Å². The van der Waals surface area contributed by atoms with Gasteiger partial charge in [0.25, 0.3) is 10.0 Å². The maximum absolute atomic E-state index is 12.5. The highest BCUT2D eigenvalue weighted by Crippen LogP contribution is 2.27. The van der Waals surface area contributed by atoms with Crippen LogP contribution in [0.5, 0.6) is 0 Å². The van der Waals surface area contributed by atoms with E-state index in [1.807, 2.05) is 13.8 Å². The lowest BCUT2D eigenvalue weighted by atomic mass is 10.1. The van der Waals surface area contributed by atoms with Crippen molar-refractivity contribution < 1.29 is 8.42 Å². The summed E-state index contributed by atoms with van der Waals surface area (Å²) in [5.41, 5.74) is 8.39. The second-order valence-electron chi connectivity index (χ2n) is 4.66. The van der Waals surface area contributed by atoms with E-state index in [1.165, 1.54) is 0 Å². The number of hydrogen-bond donors (Lipinski definition) is 3. The zero-order valence-electron chi connectivity index (χ0n) is 11.7. The van der Waals surface area contributed by atoms with Crippen LogP contribution >= 0.6 is 0 Å². The average molecular weight is 294 g/mol. The summed E-state index contributed by atoms with van der Waals surface area (Å²) in [6, 6.07) is 3.40. The van der Waals surface area contributed by atoms with Gasteiger partial charge >= 0.3 is 0 Å². The number of hydrogen-bond acceptors (Lipinski definition) is 4. The van der Waals surface area contributed by atoms with Crippen molar-refractivity contribution in [1.29, 1.82) is 0 Å². The van der Waals surface area contributed by atoms with E-state index in [4.69, 9.17) is 5.73 Å². The molecule has 0 spiro atoms. The number of H-pyrrole nitrogens is 1. The van der Waals surface area contributed by atoms with E-state index in [2.05, 4.69) is 14.9 Å². The van der Waals surface area contributed by atoms with Gasteiger partial charge in [-0.3, -0.25) is 9.82 Å². The van der Waals surface area contributed by atoms with Crippen LogP contribution in [0.1, 0.15) is 23.6 Å². The average Bonchev–Trinajstić information content (AvgIpc) is 2.80. The number of aromatic nitrogens is 2. The largest absolute Gasteiger partial charge is 0.398 e. The van der Waals surface area contributed by atoms with Crippen LogP contribution in [0.4, 0.5) is 11.5 Å². The van der Waals surface area contributed by atoms with Crippen LogP contribution in [0.25, 0.3) is 0 Å². The summed E-state index contributed by atoms with van der Waals surface area (Å²) in [5, 5.41) is 6.51. The van der Waals surface area contributed by atoms with Gasteiger partial charge in [0.05, 0.1) is 11.9 Å². The Morgan fingerprint density at radius 2 is 2.05 bits per heavy atom. The number of aromatic amines is 1. The lowest BCUT2D eigenvalue weighted by Crippen LogP contribution is -2.17. The number of rotatable bonds is 4. The summed E-state index contributed by atoms with van der Waals surface area (Å²) in [5.74, 6) is 0.382. The monoisotopic (exact) mass is 294 g/mol. The summed E-state index contributed by atoms with van der Waals surface area (Å²) in [4.78, 5) is 0.120. The first-order chi connectivity index (χ1) is 9.36. The van der Waals surface area contributed by atoms with Crippen molar-refractivity contribution in [2.75, 3.05) is 10.5 Å². The Morgan fingerprint density at radius 1 is 1.35 bits per heavy atom. The molecule has 2 aromatic rings. The van der Waals surface area contributed by atoms with Crippen molar-refractivity contribution in [3.8, 4) is 0 Å². The summed E-state index contributed by atoms with van der Waals surface area (Å²) < 4.78 is 27.6. The maximum Gasteiger partial charge on any atom is 0.265 e. The maximum atomic E-state index is 12.5. The Morgan fingerprint density at radius 3 is 2.70 bits per heavy atom. The molecule has 6 nitrogen and oxygen atoms in total. The summed E-state index contributed by atoms with van der Waals surface area (Å²) >= 11 is 0. The third-order valence-electron chi connectivity index (χ3n) is 3.31. The van der Waals surface area contributed by atoms with Gasteiger partial charge in [0.15, 0.2) is 0 Å². The number of nitrogens with zero attached hydrogens (tertiary/aromatic N) is 1. The molecule has 1 aromatic heterocycles. The van der Waals surface area contributed by atoms with E-state index in [9.17, 15) is 8.42 Å². The molecule has 20 heavy (non-hydrogen) atoms. The van der Waals surface area contributed by atoms with Crippen LogP contribution in [0.3, 0.4) is 0 Å². The summed E-state index contributed by atoms with van der Waals surface area (Å²) in [6.07, 6.45) is 2.28. The summed E-state index contributed by atoms with van der Waals surface area (Å²) in [6.45, 7) is 5.52. The fraction of sp³-hybridized carbons (Fsp3) is 0.308. The number of sulfonamides is 1. The van der Waals surface area contributed by atoms with Crippen LogP contribution < -0.4 is 10.5 Å². The van der Waals surface area contributed by atoms with Gasteiger partial charge in [-0.1, -0.05) is 13.0 Å². The Labute approximate surface area is 118 Å². The molecule has 0 aliphatic heterocycles. The Kier molecular flexibility index (Phi) is 3.71. The van der Waals surface area contributed by atoms with Crippen LogP contribution in [-0.2, 0) is 16.4 Å². The molecular formula is C13H18N4O2S. The van der Waals surface area contributed by atoms with Crippen molar-refractivity contribution in [2.45, 2.75) is 32.1 Å². The minimum absolute atomic E-state index is 0.120. The van der Waals surface area contributed by atoms with Crippen LogP contribution in [-0.4, -0.2) is 18.6 Å². The molecule has 0 fully saturated rings. The van der Waals surface area contributed by atoms with Gasteiger partial charge in [0.2, 0.25) is 0 Å². The van der Waals surface area contributed by atoms with Crippen LogP contribution in [0.15, 0.2) is 23.2 Å². The zero-order valence-corrected chi connectivity index (χ0v) is 12.5. The van der Waals surface area contributed by atoms with Gasteiger partial charge in [-0.15, -0.1) is 0 Å². The van der Waals surface area contributed by atoms with Gasteiger partial charge < -0.3 is 5.73 Å². The van der Waals surface area contributed by atoms with E-state index in [1.54, 1.807) is 25.3 Å². The molecule has 0 radical (unpaired) electrons. The molecule has 0 amide bonds. The molecule has 4 N–H and O–H groups in total. The van der Waals surface area contributed by atoms with E-state index >= 15 is 0 Å². The van der Waals surface area contributed by atoms with Crippen molar-refractivity contribution >= 4 is 21.5 Å². The van der Waals surface area contributed by atoms with Crippen molar-refractivity contribution in [1.82, 2.24) is 10.2 Å². The predicted octanol–water partition coefficient (Wildman–Crippen LogP) is 1.97. The van der Waals surface area contributed by atoms with Crippen LogP contribution in [0, 0.1) is 13.8 Å². The Balaban J connectivity index is 2.49. The van der Waals surface area contributed by atoms with Crippen LogP contribution in [0.2, 0.25) is 0 Å². The van der Waals surface area contributed by atoms with Gasteiger partial charge in [-0.25, -0.2) is 8.42 Å². The molecule has 1 aromatic carbocycles. The first-order valence-electron chi connectivity index (χ1n) is 6.27. The molecule has 0 atom stereocenters. The molecule has 0 saturated carbocycles. The molecule has 0 unspecified atom stereocenters. The fourth-order valence-corrected chi connectivity index (χ4v) is 3.51. The molecule has 108 valence electrons. The molecule has 2 rings (SSSR count). The Hall–Kier alpha value is -2.02. The Bertz CT molecular complexity index is 735. The fourth-order valence-electron chi connectivity index (χ4n) is 2.02. The second kappa shape index (κ2) is 5.16. The topological polar surface area (TPSA) is 101 Å². The molecule has 7 heteroatoms. The third kappa shape index (κ3) is 2.49. The normalized spacial score (nSPS) is 11.6. The molecule has 0 bridgehead atoms. The van der Waals surface area contributed by atoms with Gasteiger partial charge in [0, 0.05) is 5.56 Å². The molecule has 0 aliphatic rings. The lowest BCUT2D eigenvalue weighted by molar-refractivity contribution is 0.600. The number of anilines is 2. The first-order valence-corrected chi connectivity index (χ1v) is 7.76. The van der Waals surface area contributed by atoms with Crippen molar-refractivity contribution in [3.05, 3.63) is 35.0 Å². The molecule has 0 saturated heterocycles. The number of aryl methyl sites for hydroxylation is 2. The molecule has 1 heterocycles. The number of nitrogen functional groups attached to an aromatic ring is 1. The highest BCUT2D eigenvalue weighted by molar-refractivity contribution is 7.93. The van der Waals surface area contributed by atoms with Gasteiger partial charge in [0.1, 0.15) is 10.7 Å². The zero-order chi connectivity index (χ0) is 14.9. The van der Waals surface area contributed by atoms with E-state index < -0.39 is 10.0 Å². The van der Waals surface area contributed by atoms with Gasteiger partial charge in [-0.05, 0) is 37.5 Å². The lowest BCUT2D eigenvalue weighted by Gasteiger charge is -2.14. The minimum atomic E-state index is -3.75. The van der Waals surface area contributed by atoms with Gasteiger partial charge in [-0.2, -0.15) is 5.10 Å². The SMILES string of the molecule is CCc1cn[nH]c1NS(=O)(=O)c1c(N)ccc(C)c1C.